The Morgan fingerprint density at radius 1 is 1.69 bits per heavy atom. The van der Waals surface area contributed by atoms with Crippen LogP contribution in [0.4, 0.5) is 0 Å². The Morgan fingerprint density at radius 3 is 3.08 bits per heavy atom. The molecule has 1 aromatic heterocycles. The van der Waals surface area contributed by atoms with Crippen LogP contribution in [0.25, 0.3) is 0 Å². The van der Waals surface area contributed by atoms with Crippen LogP contribution in [0.2, 0.25) is 0 Å². The zero-order valence-electron chi connectivity index (χ0n) is 7.64. The van der Waals surface area contributed by atoms with Crippen LogP contribution in [-0.2, 0) is 4.74 Å². The summed E-state index contributed by atoms with van der Waals surface area (Å²) in [7, 11) is 0. The molecule has 0 aliphatic carbocycles. The summed E-state index contributed by atoms with van der Waals surface area (Å²) in [5.74, 6) is 0.470. The van der Waals surface area contributed by atoms with Gasteiger partial charge in [-0.25, -0.2) is 0 Å². The highest BCUT2D eigenvalue weighted by molar-refractivity contribution is 7.10. The van der Waals surface area contributed by atoms with E-state index in [0.717, 1.165) is 17.9 Å². The van der Waals surface area contributed by atoms with Crippen molar-refractivity contribution in [3.8, 4) is 0 Å². The molecule has 1 saturated heterocycles. The van der Waals surface area contributed by atoms with E-state index in [1.807, 2.05) is 17.5 Å². The van der Waals surface area contributed by atoms with Crippen molar-refractivity contribution >= 4 is 11.3 Å². The number of aliphatic hydroxyl groups is 1. The van der Waals surface area contributed by atoms with Crippen molar-refractivity contribution in [2.24, 2.45) is 5.92 Å². The third-order valence-corrected chi connectivity index (χ3v) is 3.53. The first-order valence-electron chi connectivity index (χ1n) is 4.62. The van der Waals surface area contributed by atoms with E-state index < -0.39 is 6.10 Å². The lowest BCUT2D eigenvalue weighted by atomic mass is 9.99. The number of hydrogen-bond acceptors (Lipinski definition) is 3. The van der Waals surface area contributed by atoms with Crippen molar-refractivity contribution in [3.05, 3.63) is 22.4 Å². The molecular weight excluding hydrogens is 184 g/mol. The Morgan fingerprint density at radius 2 is 2.54 bits per heavy atom. The van der Waals surface area contributed by atoms with Crippen molar-refractivity contribution < 1.29 is 9.84 Å². The van der Waals surface area contributed by atoms with Gasteiger partial charge in [0, 0.05) is 11.5 Å². The fourth-order valence-corrected chi connectivity index (χ4v) is 2.49. The van der Waals surface area contributed by atoms with Gasteiger partial charge in [0.2, 0.25) is 0 Å². The second-order valence-corrected chi connectivity index (χ2v) is 4.54. The quantitative estimate of drug-likeness (QED) is 0.789. The van der Waals surface area contributed by atoms with Gasteiger partial charge < -0.3 is 9.84 Å². The Hall–Kier alpha value is -0.380. The monoisotopic (exact) mass is 198 g/mol. The molecule has 0 amide bonds. The molecule has 0 spiro atoms. The first-order valence-corrected chi connectivity index (χ1v) is 5.50. The third-order valence-electron chi connectivity index (χ3n) is 2.59. The molecule has 0 bridgehead atoms. The summed E-state index contributed by atoms with van der Waals surface area (Å²) in [5, 5.41) is 11.9. The fourth-order valence-electron chi connectivity index (χ4n) is 1.74. The lowest BCUT2D eigenvalue weighted by Gasteiger charge is -2.19. The lowest BCUT2D eigenvalue weighted by molar-refractivity contribution is -0.0160. The van der Waals surface area contributed by atoms with Crippen LogP contribution in [0.3, 0.4) is 0 Å². The van der Waals surface area contributed by atoms with Gasteiger partial charge in [-0.1, -0.05) is 13.0 Å². The van der Waals surface area contributed by atoms with E-state index in [9.17, 15) is 5.11 Å². The average molecular weight is 198 g/mol. The predicted molar refractivity (Wildman–Crippen MR) is 52.8 cm³/mol. The highest BCUT2D eigenvalue weighted by atomic mass is 32.1. The Balaban J connectivity index is 2.08. The van der Waals surface area contributed by atoms with Crippen LogP contribution in [0.5, 0.6) is 0 Å². The van der Waals surface area contributed by atoms with Gasteiger partial charge in [0.1, 0.15) is 6.10 Å². The average Bonchev–Trinajstić information content (AvgIpc) is 2.72. The van der Waals surface area contributed by atoms with E-state index in [0.29, 0.717) is 5.92 Å². The van der Waals surface area contributed by atoms with E-state index in [1.165, 1.54) is 0 Å². The smallest absolute Gasteiger partial charge is 0.114 e. The van der Waals surface area contributed by atoms with Crippen LogP contribution >= 0.6 is 11.3 Å². The Labute approximate surface area is 82.2 Å². The van der Waals surface area contributed by atoms with Crippen LogP contribution in [-0.4, -0.2) is 17.8 Å². The maximum absolute atomic E-state index is 9.96. The van der Waals surface area contributed by atoms with Crippen molar-refractivity contribution in [3.63, 3.8) is 0 Å². The second-order valence-electron chi connectivity index (χ2n) is 3.56. The molecule has 3 unspecified atom stereocenters. The second kappa shape index (κ2) is 3.78. The number of hydrogen-bond donors (Lipinski definition) is 1. The zero-order valence-corrected chi connectivity index (χ0v) is 8.46. The number of ether oxygens (including phenoxy) is 1. The van der Waals surface area contributed by atoms with E-state index in [-0.39, 0.29) is 6.10 Å². The molecule has 1 aliphatic rings. The molecule has 0 aromatic carbocycles. The SMILES string of the molecule is CC1CCOC1C(O)c1cccs1. The minimum Gasteiger partial charge on any atom is -0.385 e. The lowest BCUT2D eigenvalue weighted by Crippen LogP contribution is -2.22. The summed E-state index contributed by atoms with van der Waals surface area (Å²) in [6.07, 6.45) is 0.628. The summed E-state index contributed by atoms with van der Waals surface area (Å²) >= 11 is 1.59. The molecule has 3 atom stereocenters. The number of aliphatic hydroxyl groups excluding tert-OH is 1. The summed E-state index contributed by atoms with van der Waals surface area (Å²) in [6.45, 7) is 2.92. The molecule has 0 saturated carbocycles. The molecule has 13 heavy (non-hydrogen) atoms. The van der Waals surface area contributed by atoms with E-state index in [2.05, 4.69) is 6.92 Å². The summed E-state index contributed by atoms with van der Waals surface area (Å²) < 4.78 is 5.51. The van der Waals surface area contributed by atoms with Crippen molar-refractivity contribution in [2.75, 3.05) is 6.61 Å². The third kappa shape index (κ3) is 1.77. The highest BCUT2D eigenvalue weighted by Crippen LogP contribution is 2.32. The van der Waals surface area contributed by atoms with Gasteiger partial charge in [0.15, 0.2) is 0 Å². The topological polar surface area (TPSA) is 29.5 Å². The molecule has 2 nitrogen and oxygen atoms in total. The van der Waals surface area contributed by atoms with Crippen molar-refractivity contribution in [1.29, 1.82) is 0 Å². The van der Waals surface area contributed by atoms with Gasteiger partial charge in [0.25, 0.3) is 0 Å². The van der Waals surface area contributed by atoms with Gasteiger partial charge in [-0.2, -0.15) is 0 Å². The van der Waals surface area contributed by atoms with Gasteiger partial charge in [-0.3, -0.25) is 0 Å². The molecule has 2 rings (SSSR count). The summed E-state index contributed by atoms with van der Waals surface area (Å²) in [4.78, 5) is 1.01. The molecule has 1 aliphatic heterocycles. The Kier molecular flexibility index (Phi) is 2.67. The highest BCUT2D eigenvalue weighted by Gasteiger charge is 2.32. The first kappa shape index (κ1) is 9.19. The first-order chi connectivity index (χ1) is 6.29. The maximum atomic E-state index is 9.96. The van der Waals surface area contributed by atoms with Gasteiger partial charge >= 0.3 is 0 Å². The zero-order chi connectivity index (χ0) is 9.26. The predicted octanol–water partition coefficient (Wildman–Crippen LogP) is 2.21. The van der Waals surface area contributed by atoms with E-state index in [1.54, 1.807) is 11.3 Å². The van der Waals surface area contributed by atoms with Gasteiger partial charge in [0.05, 0.1) is 6.10 Å². The van der Waals surface area contributed by atoms with E-state index in [4.69, 9.17) is 4.74 Å². The van der Waals surface area contributed by atoms with Crippen molar-refractivity contribution in [2.45, 2.75) is 25.6 Å². The van der Waals surface area contributed by atoms with Crippen LogP contribution in [0, 0.1) is 5.92 Å². The normalized spacial score (nSPS) is 30.6. The molecule has 0 radical (unpaired) electrons. The summed E-state index contributed by atoms with van der Waals surface area (Å²) in [5.41, 5.74) is 0. The van der Waals surface area contributed by atoms with Crippen LogP contribution in [0.15, 0.2) is 17.5 Å². The van der Waals surface area contributed by atoms with Crippen LogP contribution < -0.4 is 0 Å². The standard InChI is InChI=1S/C10H14O2S/c1-7-4-5-12-10(7)9(11)8-3-2-6-13-8/h2-3,6-7,9-11H,4-5H2,1H3. The largest absolute Gasteiger partial charge is 0.385 e. The Bertz CT molecular complexity index is 258. The molecule has 2 heterocycles. The molecule has 1 aromatic rings. The van der Waals surface area contributed by atoms with Gasteiger partial charge in [-0.05, 0) is 23.8 Å². The maximum Gasteiger partial charge on any atom is 0.114 e. The molecule has 72 valence electrons. The number of rotatable bonds is 2. The minimum absolute atomic E-state index is 0.00125. The number of thiophene rings is 1. The molecule has 1 fully saturated rings. The fraction of sp³-hybridized carbons (Fsp3) is 0.600. The van der Waals surface area contributed by atoms with Gasteiger partial charge in [-0.15, -0.1) is 11.3 Å². The van der Waals surface area contributed by atoms with Crippen LogP contribution in [0.1, 0.15) is 24.3 Å². The van der Waals surface area contributed by atoms with Crippen molar-refractivity contribution in [1.82, 2.24) is 0 Å². The molecular formula is C10H14O2S. The molecule has 3 heteroatoms. The van der Waals surface area contributed by atoms with E-state index >= 15 is 0 Å². The summed E-state index contributed by atoms with van der Waals surface area (Å²) in [6, 6.07) is 3.92. The molecule has 1 N–H and O–H groups in total. The minimum atomic E-state index is -0.433.